The van der Waals surface area contributed by atoms with Gasteiger partial charge in [0.05, 0.1) is 16.8 Å². The molecule has 1 aliphatic heterocycles. The van der Waals surface area contributed by atoms with Crippen molar-refractivity contribution >= 4 is 33.4 Å². The second-order valence-electron chi connectivity index (χ2n) is 5.84. The summed E-state index contributed by atoms with van der Waals surface area (Å²) >= 11 is 1.33. The normalized spacial score (nSPS) is 14.2. The molecule has 1 aromatic carbocycles. The van der Waals surface area contributed by atoms with Gasteiger partial charge in [-0.1, -0.05) is 25.2 Å². The topological polar surface area (TPSA) is 79.1 Å². The highest BCUT2D eigenvalue weighted by atomic mass is 32.1. The molecule has 1 amide bonds. The molecule has 2 aromatic rings. The number of amides is 1. The van der Waals surface area contributed by atoms with E-state index in [-0.39, 0.29) is 24.3 Å². The Labute approximate surface area is 148 Å². The van der Waals surface area contributed by atoms with E-state index < -0.39 is 0 Å². The lowest BCUT2D eigenvalue weighted by molar-refractivity contribution is -0.143. The highest BCUT2D eigenvalue weighted by molar-refractivity contribution is 7.16. The number of nitrogens with zero attached hydrogens (tertiary/aromatic N) is 2. The summed E-state index contributed by atoms with van der Waals surface area (Å²) in [6, 6.07) is 3.67. The number of hydrogen-bond acceptors (Lipinski definition) is 6. The molecule has 1 aliphatic rings. The van der Waals surface area contributed by atoms with Gasteiger partial charge in [-0.05, 0) is 6.92 Å². The minimum atomic E-state index is -0.379. The quantitative estimate of drug-likeness (QED) is 0.777. The highest BCUT2D eigenvalue weighted by Crippen LogP contribution is 2.35. The van der Waals surface area contributed by atoms with E-state index >= 15 is 0 Å². The van der Waals surface area contributed by atoms with E-state index in [9.17, 15) is 9.59 Å². The largest absolute Gasteiger partial charge is 0.486 e. The Kier molecular flexibility index (Phi) is 5.08. The Balaban J connectivity index is 2.15. The fourth-order valence-corrected chi connectivity index (χ4v) is 3.45. The van der Waals surface area contributed by atoms with Crippen LogP contribution in [0.2, 0.25) is 0 Å². The molecule has 0 aliphatic carbocycles. The van der Waals surface area contributed by atoms with Crippen LogP contribution in [-0.2, 0) is 20.9 Å². The van der Waals surface area contributed by atoms with Crippen LogP contribution in [0.4, 0.5) is 0 Å². The van der Waals surface area contributed by atoms with Crippen LogP contribution in [0.3, 0.4) is 0 Å². The van der Waals surface area contributed by atoms with E-state index in [0.717, 1.165) is 10.2 Å². The van der Waals surface area contributed by atoms with Gasteiger partial charge in [0, 0.05) is 18.1 Å². The molecule has 0 saturated heterocycles. The van der Waals surface area contributed by atoms with E-state index in [4.69, 9.17) is 14.2 Å². The number of fused-ring (bicyclic) bond motifs is 2. The van der Waals surface area contributed by atoms with Gasteiger partial charge in [-0.25, -0.2) is 0 Å². The molecule has 0 radical (unpaired) electrons. The van der Waals surface area contributed by atoms with Crippen LogP contribution in [0.15, 0.2) is 17.1 Å². The monoisotopic (exact) mass is 364 g/mol. The Hall–Kier alpha value is -2.35. The minimum absolute atomic E-state index is 0.0162. The van der Waals surface area contributed by atoms with Crippen molar-refractivity contribution in [2.45, 2.75) is 27.3 Å². The predicted molar refractivity (Wildman–Crippen MR) is 92.8 cm³/mol. The zero-order chi connectivity index (χ0) is 18.0. The molecule has 0 bridgehead atoms. The van der Waals surface area contributed by atoms with Crippen molar-refractivity contribution in [1.82, 2.24) is 4.57 Å². The van der Waals surface area contributed by atoms with Gasteiger partial charge in [-0.2, -0.15) is 4.99 Å². The first-order valence-corrected chi connectivity index (χ1v) is 8.98. The number of carbonyl (C=O) groups is 2. The number of rotatable bonds is 4. The van der Waals surface area contributed by atoms with Gasteiger partial charge in [0.15, 0.2) is 16.3 Å². The molecule has 0 spiro atoms. The first-order valence-electron chi connectivity index (χ1n) is 8.16. The Morgan fingerprint density at radius 3 is 2.60 bits per heavy atom. The van der Waals surface area contributed by atoms with E-state index in [1.807, 2.05) is 12.1 Å². The third kappa shape index (κ3) is 3.68. The number of benzene rings is 1. The Morgan fingerprint density at radius 2 is 1.96 bits per heavy atom. The summed E-state index contributed by atoms with van der Waals surface area (Å²) in [7, 11) is 0. The molecule has 8 heteroatoms. The van der Waals surface area contributed by atoms with Gasteiger partial charge in [0.25, 0.3) is 5.91 Å². The van der Waals surface area contributed by atoms with Crippen LogP contribution >= 0.6 is 11.3 Å². The third-order valence-electron chi connectivity index (χ3n) is 3.64. The number of ether oxygens (including phenoxy) is 3. The van der Waals surface area contributed by atoms with Crippen molar-refractivity contribution in [3.8, 4) is 11.5 Å². The van der Waals surface area contributed by atoms with E-state index in [2.05, 4.69) is 4.99 Å². The maximum atomic E-state index is 12.1. The van der Waals surface area contributed by atoms with Gasteiger partial charge in [-0.15, -0.1) is 0 Å². The summed E-state index contributed by atoms with van der Waals surface area (Å²) in [5.41, 5.74) is 0.762. The number of hydrogen-bond donors (Lipinski definition) is 0. The third-order valence-corrected chi connectivity index (χ3v) is 4.68. The summed E-state index contributed by atoms with van der Waals surface area (Å²) in [5, 5.41) is 0. The van der Waals surface area contributed by atoms with Crippen LogP contribution in [0, 0.1) is 5.92 Å². The molecule has 25 heavy (non-hydrogen) atoms. The van der Waals surface area contributed by atoms with E-state index in [1.54, 1.807) is 25.3 Å². The van der Waals surface area contributed by atoms with Crippen molar-refractivity contribution < 1.29 is 23.8 Å². The molecule has 0 unspecified atom stereocenters. The molecular formula is C17H20N2O5S. The average Bonchev–Trinajstić information content (AvgIpc) is 2.89. The first kappa shape index (κ1) is 17.5. The van der Waals surface area contributed by atoms with E-state index in [1.165, 1.54) is 11.3 Å². The zero-order valence-corrected chi connectivity index (χ0v) is 15.2. The van der Waals surface area contributed by atoms with Gasteiger partial charge in [0.1, 0.15) is 19.8 Å². The van der Waals surface area contributed by atoms with Crippen LogP contribution < -0.4 is 14.3 Å². The second kappa shape index (κ2) is 7.26. The Morgan fingerprint density at radius 1 is 1.28 bits per heavy atom. The average molecular weight is 364 g/mol. The smallest absolute Gasteiger partial charge is 0.326 e. The van der Waals surface area contributed by atoms with Crippen LogP contribution in [0.25, 0.3) is 10.2 Å². The highest BCUT2D eigenvalue weighted by Gasteiger charge is 2.18. The van der Waals surface area contributed by atoms with Crippen molar-refractivity contribution in [2.24, 2.45) is 10.9 Å². The number of esters is 1. The van der Waals surface area contributed by atoms with Gasteiger partial charge in [-0.3, -0.25) is 9.59 Å². The molecule has 0 atom stereocenters. The number of aromatic nitrogens is 1. The lowest BCUT2D eigenvalue weighted by atomic mass is 10.2. The molecule has 1 aromatic heterocycles. The van der Waals surface area contributed by atoms with Crippen molar-refractivity contribution in [2.75, 3.05) is 19.8 Å². The molecule has 7 nitrogen and oxygen atoms in total. The second-order valence-corrected chi connectivity index (χ2v) is 6.85. The first-order chi connectivity index (χ1) is 12.0. The van der Waals surface area contributed by atoms with Gasteiger partial charge in [0.2, 0.25) is 0 Å². The summed E-state index contributed by atoms with van der Waals surface area (Å²) in [5.74, 6) is 0.444. The lowest BCUT2D eigenvalue weighted by Crippen LogP contribution is -2.24. The summed E-state index contributed by atoms with van der Waals surface area (Å²) in [6.45, 7) is 6.58. The standard InChI is InChI=1S/C17H20N2O5S/c1-4-22-15(20)9-19-11-7-12-13(24-6-5-23-12)8-14(11)25-17(19)18-16(21)10(2)3/h7-8,10H,4-6,9H2,1-3H3. The van der Waals surface area contributed by atoms with Crippen LogP contribution in [0.1, 0.15) is 20.8 Å². The molecule has 0 fully saturated rings. The molecular weight excluding hydrogens is 344 g/mol. The van der Waals surface area contributed by atoms with Gasteiger partial charge >= 0.3 is 5.97 Å². The molecule has 0 N–H and O–H groups in total. The van der Waals surface area contributed by atoms with Crippen molar-refractivity contribution in [3.63, 3.8) is 0 Å². The maximum Gasteiger partial charge on any atom is 0.326 e. The SMILES string of the molecule is CCOC(=O)Cn1c(=NC(=O)C(C)C)sc2cc3c(cc21)OCCO3. The molecule has 134 valence electrons. The summed E-state index contributed by atoms with van der Waals surface area (Å²) < 4.78 is 18.8. The van der Waals surface area contributed by atoms with E-state index in [0.29, 0.717) is 36.1 Å². The van der Waals surface area contributed by atoms with Gasteiger partial charge < -0.3 is 18.8 Å². The fraction of sp³-hybridized carbons (Fsp3) is 0.471. The summed E-state index contributed by atoms with van der Waals surface area (Å²) in [6.07, 6.45) is 0. The lowest BCUT2D eigenvalue weighted by Gasteiger charge is -2.18. The van der Waals surface area contributed by atoms with Crippen LogP contribution in [0.5, 0.6) is 11.5 Å². The molecule has 2 heterocycles. The zero-order valence-electron chi connectivity index (χ0n) is 14.4. The van der Waals surface area contributed by atoms with Crippen LogP contribution in [-0.4, -0.2) is 36.3 Å². The van der Waals surface area contributed by atoms with Crippen molar-refractivity contribution in [1.29, 1.82) is 0 Å². The molecule has 3 rings (SSSR count). The fourth-order valence-electron chi connectivity index (χ4n) is 2.40. The maximum absolute atomic E-state index is 12.1. The minimum Gasteiger partial charge on any atom is -0.486 e. The predicted octanol–water partition coefficient (Wildman–Crippen LogP) is 2.12. The summed E-state index contributed by atoms with van der Waals surface area (Å²) in [4.78, 5) is 28.7. The molecule has 0 saturated carbocycles. The van der Waals surface area contributed by atoms with Crippen molar-refractivity contribution in [3.05, 3.63) is 16.9 Å². The number of thiazole rings is 1. The number of carbonyl (C=O) groups excluding carboxylic acids is 2. The Bertz CT molecular complexity index is 881.